The van der Waals surface area contributed by atoms with Crippen LogP contribution in [0.5, 0.6) is 0 Å². The summed E-state index contributed by atoms with van der Waals surface area (Å²) in [4.78, 5) is 18.4. The third kappa shape index (κ3) is 4.37. The van der Waals surface area contributed by atoms with E-state index < -0.39 is 10.0 Å². The first-order valence-electron chi connectivity index (χ1n) is 9.10. The Bertz CT molecular complexity index is 961. The SMILES string of the molecule is CC(C)(C)c1ccc(S(=O)(=O)N2CCN(C(=O)c3ccnc(Cl)c3)CC2)cc1. The molecule has 8 heteroatoms. The number of halogens is 1. The summed E-state index contributed by atoms with van der Waals surface area (Å²) < 4.78 is 27.3. The molecule has 0 saturated carbocycles. The van der Waals surface area contributed by atoms with Gasteiger partial charge in [0.15, 0.2) is 0 Å². The summed E-state index contributed by atoms with van der Waals surface area (Å²) in [6.07, 6.45) is 1.48. The van der Waals surface area contributed by atoms with E-state index in [2.05, 4.69) is 25.8 Å². The third-order valence-electron chi connectivity index (χ3n) is 4.86. The van der Waals surface area contributed by atoms with Crippen LogP contribution in [0.15, 0.2) is 47.5 Å². The number of piperazine rings is 1. The molecular weight excluding hydrogens is 398 g/mol. The summed E-state index contributed by atoms with van der Waals surface area (Å²) in [5, 5.41) is 0.255. The van der Waals surface area contributed by atoms with Crippen LogP contribution in [0.1, 0.15) is 36.7 Å². The van der Waals surface area contributed by atoms with Gasteiger partial charge < -0.3 is 4.90 Å². The zero-order chi connectivity index (χ0) is 20.5. The van der Waals surface area contributed by atoms with Crippen LogP contribution in [0.25, 0.3) is 0 Å². The standard InChI is InChI=1S/C20H24ClN3O3S/c1-20(2,3)16-4-6-17(7-5-16)28(26,27)24-12-10-23(11-13-24)19(25)15-8-9-22-18(21)14-15/h4-9,14H,10-13H2,1-3H3. The first-order chi connectivity index (χ1) is 13.1. The molecule has 28 heavy (non-hydrogen) atoms. The number of amides is 1. The van der Waals surface area contributed by atoms with E-state index >= 15 is 0 Å². The Morgan fingerprint density at radius 3 is 2.18 bits per heavy atom. The fraction of sp³-hybridized carbons (Fsp3) is 0.400. The molecule has 1 aliphatic rings. The van der Waals surface area contributed by atoms with Crippen LogP contribution < -0.4 is 0 Å². The molecule has 0 atom stereocenters. The molecule has 0 spiro atoms. The fourth-order valence-electron chi connectivity index (χ4n) is 3.13. The minimum Gasteiger partial charge on any atom is -0.336 e. The van der Waals surface area contributed by atoms with Crippen molar-refractivity contribution in [1.82, 2.24) is 14.2 Å². The van der Waals surface area contributed by atoms with Gasteiger partial charge in [-0.2, -0.15) is 4.31 Å². The number of aromatic nitrogens is 1. The van der Waals surface area contributed by atoms with Gasteiger partial charge in [0.25, 0.3) is 5.91 Å². The largest absolute Gasteiger partial charge is 0.336 e. The van der Waals surface area contributed by atoms with E-state index in [0.29, 0.717) is 18.7 Å². The first kappa shape index (κ1) is 20.8. The molecule has 1 amide bonds. The fourth-order valence-corrected chi connectivity index (χ4v) is 4.72. The second kappa shape index (κ2) is 7.81. The van der Waals surface area contributed by atoms with Crippen molar-refractivity contribution in [2.45, 2.75) is 31.1 Å². The molecule has 0 unspecified atom stereocenters. The molecule has 1 aliphatic heterocycles. The number of hydrogen-bond acceptors (Lipinski definition) is 4. The molecular formula is C20H24ClN3O3S. The predicted molar refractivity (Wildman–Crippen MR) is 109 cm³/mol. The lowest BCUT2D eigenvalue weighted by molar-refractivity contribution is 0.0698. The van der Waals surface area contributed by atoms with Crippen molar-refractivity contribution >= 4 is 27.5 Å². The second-order valence-corrected chi connectivity index (χ2v) is 10.2. The smallest absolute Gasteiger partial charge is 0.254 e. The molecule has 6 nitrogen and oxygen atoms in total. The van der Waals surface area contributed by atoms with Gasteiger partial charge >= 0.3 is 0 Å². The van der Waals surface area contributed by atoms with Gasteiger partial charge in [-0.05, 0) is 35.2 Å². The predicted octanol–water partition coefficient (Wildman–Crippen LogP) is 3.18. The van der Waals surface area contributed by atoms with Crippen LogP contribution in [0, 0.1) is 0 Å². The Morgan fingerprint density at radius 2 is 1.64 bits per heavy atom. The quantitative estimate of drug-likeness (QED) is 0.713. The van der Waals surface area contributed by atoms with Crippen molar-refractivity contribution in [2.75, 3.05) is 26.2 Å². The van der Waals surface area contributed by atoms with Crippen molar-refractivity contribution in [3.63, 3.8) is 0 Å². The van der Waals surface area contributed by atoms with Crippen molar-refractivity contribution in [1.29, 1.82) is 0 Å². The van der Waals surface area contributed by atoms with Crippen LogP contribution in [0.4, 0.5) is 0 Å². The molecule has 3 rings (SSSR count). The Hall–Kier alpha value is -1.96. The number of sulfonamides is 1. The number of carbonyl (C=O) groups is 1. The van der Waals surface area contributed by atoms with E-state index in [1.165, 1.54) is 16.6 Å². The van der Waals surface area contributed by atoms with Crippen LogP contribution >= 0.6 is 11.6 Å². The zero-order valence-corrected chi connectivity index (χ0v) is 17.8. The Balaban J connectivity index is 1.69. The molecule has 1 saturated heterocycles. The maximum absolute atomic E-state index is 12.9. The highest BCUT2D eigenvalue weighted by Gasteiger charge is 2.30. The highest BCUT2D eigenvalue weighted by Crippen LogP contribution is 2.25. The molecule has 2 heterocycles. The van der Waals surface area contributed by atoms with Gasteiger partial charge in [-0.15, -0.1) is 0 Å². The molecule has 2 aromatic rings. The minimum absolute atomic E-state index is 0.0376. The summed E-state index contributed by atoms with van der Waals surface area (Å²) in [5.41, 5.74) is 1.50. The molecule has 0 radical (unpaired) electrons. The maximum atomic E-state index is 12.9. The van der Waals surface area contributed by atoms with Gasteiger partial charge in [-0.25, -0.2) is 13.4 Å². The zero-order valence-electron chi connectivity index (χ0n) is 16.2. The van der Waals surface area contributed by atoms with E-state index in [4.69, 9.17) is 11.6 Å². The number of carbonyl (C=O) groups excluding carboxylic acids is 1. The van der Waals surface area contributed by atoms with Gasteiger partial charge in [-0.1, -0.05) is 44.5 Å². The number of pyridine rings is 1. The Labute approximate surface area is 171 Å². The van der Waals surface area contributed by atoms with Gasteiger partial charge in [0.05, 0.1) is 4.90 Å². The molecule has 1 fully saturated rings. The lowest BCUT2D eigenvalue weighted by Gasteiger charge is -2.34. The number of hydrogen-bond donors (Lipinski definition) is 0. The minimum atomic E-state index is -3.58. The number of rotatable bonds is 3. The first-order valence-corrected chi connectivity index (χ1v) is 10.9. The number of benzene rings is 1. The summed E-state index contributed by atoms with van der Waals surface area (Å²) in [5.74, 6) is -0.170. The van der Waals surface area contributed by atoms with Crippen molar-refractivity contribution in [3.8, 4) is 0 Å². The Kier molecular flexibility index (Phi) is 5.79. The second-order valence-electron chi connectivity index (χ2n) is 7.84. The molecule has 150 valence electrons. The van der Waals surface area contributed by atoms with E-state index in [9.17, 15) is 13.2 Å². The third-order valence-corrected chi connectivity index (χ3v) is 6.98. The van der Waals surface area contributed by atoms with E-state index in [0.717, 1.165) is 5.56 Å². The maximum Gasteiger partial charge on any atom is 0.254 e. The van der Waals surface area contributed by atoms with Crippen molar-refractivity contribution < 1.29 is 13.2 Å². The van der Waals surface area contributed by atoms with Gasteiger partial charge in [-0.3, -0.25) is 4.79 Å². The lowest BCUT2D eigenvalue weighted by atomic mass is 9.87. The summed E-state index contributed by atoms with van der Waals surface area (Å²) >= 11 is 5.85. The summed E-state index contributed by atoms with van der Waals surface area (Å²) in [7, 11) is -3.58. The van der Waals surface area contributed by atoms with Crippen LogP contribution in [0.2, 0.25) is 5.15 Å². The highest BCUT2D eigenvalue weighted by molar-refractivity contribution is 7.89. The van der Waals surface area contributed by atoms with Crippen LogP contribution in [0.3, 0.4) is 0 Å². The van der Waals surface area contributed by atoms with Crippen LogP contribution in [-0.4, -0.2) is 54.7 Å². The van der Waals surface area contributed by atoms with Crippen molar-refractivity contribution in [3.05, 3.63) is 58.9 Å². The Morgan fingerprint density at radius 1 is 1.04 bits per heavy atom. The average molecular weight is 422 g/mol. The summed E-state index contributed by atoms with van der Waals surface area (Å²) in [6.45, 7) is 7.44. The lowest BCUT2D eigenvalue weighted by Crippen LogP contribution is -2.50. The molecule has 0 N–H and O–H groups in total. The molecule has 1 aromatic heterocycles. The normalized spacial score (nSPS) is 16.2. The molecule has 0 aliphatic carbocycles. The monoisotopic (exact) mass is 421 g/mol. The van der Waals surface area contributed by atoms with Gasteiger partial charge in [0.1, 0.15) is 5.15 Å². The number of nitrogens with zero attached hydrogens (tertiary/aromatic N) is 3. The molecule has 1 aromatic carbocycles. The average Bonchev–Trinajstić information content (AvgIpc) is 2.67. The summed E-state index contributed by atoms with van der Waals surface area (Å²) in [6, 6.07) is 10.2. The van der Waals surface area contributed by atoms with Crippen LogP contribution in [-0.2, 0) is 15.4 Å². The highest BCUT2D eigenvalue weighted by atomic mass is 35.5. The van der Waals surface area contributed by atoms with Crippen molar-refractivity contribution in [2.24, 2.45) is 0 Å². The topological polar surface area (TPSA) is 70.6 Å². The molecule has 0 bridgehead atoms. The van der Waals surface area contributed by atoms with Gasteiger partial charge in [0.2, 0.25) is 10.0 Å². The van der Waals surface area contributed by atoms with E-state index in [1.807, 2.05) is 12.1 Å². The van der Waals surface area contributed by atoms with Gasteiger partial charge in [0, 0.05) is 37.9 Å². The van der Waals surface area contributed by atoms with E-state index in [-0.39, 0.29) is 34.5 Å². The van der Waals surface area contributed by atoms with E-state index in [1.54, 1.807) is 23.1 Å².